The molecule has 0 saturated heterocycles. The molecular weight excluding hydrogens is 210 g/mol. The highest BCUT2D eigenvalue weighted by atomic mass is 35.5. The van der Waals surface area contributed by atoms with E-state index < -0.39 is 0 Å². The van der Waals surface area contributed by atoms with Crippen LogP contribution < -0.4 is 5.73 Å². The number of aliphatic hydroxyl groups is 1. The highest BCUT2D eigenvalue weighted by Crippen LogP contribution is 2.51. The van der Waals surface area contributed by atoms with Crippen molar-refractivity contribution in [2.24, 2.45) is 11.1 Å². The molecule has 0 amide bonds. The van der Waals surface area contributed by atoms with Gasteiger partial charge in [0, 0.05) is 12.0 Å². The topological polar surface area (TPSA) is 46.2 Å². The van der Waals surface area contributed by atoms with Gasteiger partial charge in [-0.25, -0.2) is 0 Å². The van der Waals surface area contributed by atoms with E-state index in [9.17, 15) is 5.11 Å². The van der Waals surface area contributed by atoms with Crippen LogP contribution in [0.5, 0.6) is 0 Å². The highest BCUT2D eigenvalue weighted by molar-refractivity contribution is 5.85. The Morgan fingerprint density at radius 2 is 2.00 bits per heavy atom. The first-order valence-corrected chi connectivity index (χ1v) is 5.18. The molecule has 0 aliphatic heterocycles. The average molecular weight is 228 g/mol. The minimum absolute atomic E-state index is 0. The number of hydrogen-bond donors (Lipinski definition) is 2. The summed E-state index contributed by atoms with van der Waals surface area (Å²) in [7, 11) is 0. The van der Waals surface area contributed by atoms with Crippen molar-refractivity contribution < 1.29 is 5.11 Å². The summed E-state index contributed by atoms with van der Waals surface area (Å²) in [5, 5.41) is 9.39. The quantitative estimate of drug-likeness (QED) is 0.829. The Morgan fingerprint density at radius 3 is 2.40 bits per heavy atom. The molecule has 1 aliphatic rings. The monoisotopic (exact) mass is 227 g/mol. The maximum Gasteiger partial charge on any atom is 0.0505 e. The second kappa shape index (κ2) is 4.97. The van der Waals surface area contributed by atoms with Crippen molar-refractivity contribution >= 4 is 12.4 Å². The van der Waals surface area contributed by atoms with E-state index in [2.05, 4.69) is 12.1 Å². The molecule has 0 aromatic heterocycles. The molecule has 1 saturated carbocycles. The van der Waals surface area contributed by atoms with Gasteiger partial charge in [0.25, 0.3) is 0 Å². The Hall–Kier alpha value is -0.570. The van der Waals surface area contributed by atoms with Crippen molar-refractivity contribution in [3.05, 3.63) is 35.9 Å². The average Bonchev–Trinajstić information content (AvgIpc) is 2.20. The number of halogens is 1. The zero-order chi connectivity index (χ0) is 10.0. The summed E-state index contributed by atoms with van der Waals surface area (Å²) in [6.07, 6.45) is 2.21. The predicted octanol–water partition coefficient (Wildman–Crippen LogP) is 1.92. The molecule has 3 N–H and O–H groups in total. The van der Waals surface area contributed by atoms with E-state index in [0.29, 0.717) is 12.5 Å². The van der Waals surface area contributed by atoms with E-state index in [0.717, 1.165) is 12.8 Å². The molecule has 0 heterocycles. The molecule has 2 nitrogen and oxygen atoms in total. The largest absolute Gasteiger partial charge is 0.396 e. The normalized spacial score (nSPS) is 29.1. The fraction of sp³-hybridized carbons (Fsp3) is 0.500. The lowest BCUT2D eigenvalue weighted by atomic mass is 9.58. The van der Waals surface area contributed by atoms with Gasteiger partial charge in [-0.05, 0) is 24.3 Å². The molecule has 84 valence electrons. The third-order valence-corrected chi connectivity index (χ3v) is 3.59. The highest BCUT2D eigenvalue weighted by Gasteiger charge is 2.45. The summed E-state index contributed by atoms with van der Waals surface area (Å²) in [6.45, 7) is 0.798. The van der Waals surface area contributed by atoms with Crippen molar-refractivity contribution in [3.63, 3.8) is 0 Å². The Bertz CT molecular complexity index is 292. The van der Waals surface area contributed by atoms with Gasteiger partial charge in [0.15, 0.2) is 0 Å². The van der Waals surface area contributed by atoms with Crippen LogP contribution in [0.4, 0.5) is 0 Å². The summed E-state index contributed by atoms with van der Waals surface area (Å²) in [4.78, 5) is 0. The maximum absolute atomic E-state index is 9.39. The van der Waals surface area contributed by atoms with Crippen molar-refractivity contribution in [2.45, 2.75) is 18.8 Å². The molecule has 2 atom stereocenters. The first kappa shape index (κ1) is 12.5. The molecular formula is C12H18ClNO. The maximum atomic E-state index is 9.39. The van der Waals surface area contributed by atoms with E-state index in [-0.39, 0.29) is 24.4 Å². The Kier molecular flexibility index (Phi) is 4.14. The molecule has 15 heavy (non-hydrogen) atoms. The zero-order valence-electron chi connectivity index (χ0n) is 8.73. The Labute approximate surface area is 96.9 Å². The zero-order valence-corrected chi connectivity index (χ0v) is 9.54. The first-order chi connectivity index (χ1) is 6.82. The Balaban J connectivity index is 0.00000112. The summed E-state index contributed by atoms with van der Waals surface area (Å²) < 4.78 is 0. The summed E-state index contributed by atoms with van der Waals surface area (Å²) in [5.74, 6) is 0.457. The van der Waals surface area contributed by atoms with Crippen molar-refractivity contribution in [2.75, 3.05) is 13.2 Å². The minimum atomic E-state index is -0.0403. The lowest BCUT2D eigenvalue weighted by Gasteiger charge is -2.48. The number of hydrogen-bond acceptors (Lipinski definition) is 2. The SMILES string of the molecule is Cl.NC[C@@]1(CO)CC[C@@H]1c1ccccc1. The van der Waals surface area contributed by atoms with Crippen LogP contribution in [0, 0.1) is 5.41 Å². The van der Waals surface area contributed by atoms with Gasteiger partial charge in [-0.15, -0.1) is 12.4 Å². The first-order valence-electron chi connectivity index (χ1n) is 5.18. The van der Waals surface area contributed by atoms with Crippen LogP contribution in [0.1, 0.15) is 24.3 Å². The number of nitrogens with two attached hydrogens (primary N) is 1. The third kappa shape index (κ3) is 2.03. The van der Waals surface area contributed by atoms with Crippen LogP contribution in [0.3, 0.4) is 0 Å². The summed E-state index contributed by atoms with van der Waals surface area (Å²) >= 11 is 0. The van der Waals surface area contributed by atoms with E-state index in [4.69, 9.17) is 5.73 Å². The van der Waals surface area contributed by atoms with Crippen LogP contribution in [0.15, 0.2) is 30.3 Å². The molecule has 1 fully saturated rings. The van der Waals surface area contributed by atoms with Gasteiger partial charge in [0.05, 0.1) is 6.61 Å². The lowest BCUT2D eigenvalue weighted by molar-refractivity contribution is 0.0244. The summed E-state index contributed by atoms with van der Waals surface area (Å²) in [5.41, 5.74) is 7.02. The molecule has 0 radical (unpaired) electrons. The van der Waals surface area contributed by atoms with Gasteiger partial charge in [-0.3, -0.25) is 0 Å². The van der Waals surface area contributed by atoms with Gasteiger partial charge in [0.2, 0.25) is 0 Å². The second-order valence-corrected chi connectivity index (χ2v) is 4.23. The van der Waals surface area contributed by atoms with Gasteiger partial charge < -0.3 is 10.8 Å². The van der Waals surface area contributed by atoms with Crippen molar-refractivity contribution in [1.82, 2.24) is 0 Å². The Morgan fingerprint density at radius 1 is 1.33 bits per heavy atom. The molecule has 2 rings (SSSR count). The predicted molar refractivity (Wildman–Crippen MR) is 64.2 cm³/mol. The number of rotatable bonds is 3. The molecule has 3 heteroatoms. The molecule has 0 unspecified atom stereocenters. The van der Waals surface area contributed by atoms with Crippen molar-refractivity contribution in [3.8, 4) is 0 Å². The fourth-order valence-corrected chi connectivity index (χ4v) is 2.40. The van der Waals surface area contributed by atoms with Crippen LogP contribution in [0.25, 0.3) is 0 Å². The fourth-order valence-electron chi connectivity index (χ4n) is 2.40. The second-order valence-electron chi connectivity index (χ2n) is 4.23. The van der Waals surface area contributed by atoms with Crippen LogP contribution in [0.2, 0.25) is 0 Å². The van der Waals surface area contributed by atoms with E-state index >= 15 is 0 Å². The van der Waals surface area contributed by atoms with Gasteiger partial charge >= 0.3 is 0 Å². The summed E-state index contributed by atoms with van der Waals surface area (Å²) in [6, 6.07) is 10.4. The lowest BCUT2D eigenvalue weighted by Crippen LogP contribution is -2.47. The number of aliphatic hydroxyl groups excluding tert-OH is 1. The third-order valence-electron chi connectivity index (χ3n) is 3.59. The standard InChI is InChI=1S/C12H17NO.ClH/c13-8-12(9-14)7-6-11(12)10-4-2-1-3-5-10;/h1-5,11,14H,6-9,13H2;1H/t11-,12-;/m1./s1. The number of benzene rings is 1. The van der Waals surface area contributed by atoms with Crippen molar-refractivity contribution in [1.29, 1.82) is 0 Å². The van der Waals surface area contributed by atoms with Gasteiger partial charge in [-0.1, -0.05) is 30.3 Å². The molecule has 1 aromatic carbocycles. The molecule has 1 aliphatic carbocycles. The van der Waals surface area contributed by atoms with E-state index in [1.54, 1.807) is 0 Å². The molecule has 1 aromatic rings. The van der Waals surface area contributed by atoms with Gasteiger partial charge in [0.1, 0.15) is 0 Å². The molecule has 0 spiro atoms. The van der Waals surface area contributed by atoms with Crippen LogP contribution >= 0.6 is 12.4 Å². The van der Waals surface area contributed by atoms with E-state index in [1.165, 1.54) is 5.56 Å². The van der Waals surface area contributed by atoms with Gasteiger partial charge in [-0.2, -0.15) is 0 Å². The minimum Gasteiger partial charge on any atom is -0.396 e. The molecule has 0 bridgehead atoms. The van der Waals surface area contributed by atoms with Crippen LogP contribution in [-0.4, -0.2) is 18.3 Å². The van der Waals surface area contributed by atoms with E-state index in [1.807, 2.05) is 18.2 Å². The van der Waals surface area contributed by atoms with Crippen LogP contribution in [-0.2, 0) is 0 Å². The smallest absolute Gasteiger partial charge is 0.0505 e.